The molecule has 1 amide bonds. The largest absolute Gasteiger partial charge is 0.466 e. The number of hydrogen-bond donors (Lipinski definition) is 1. The molecule has 6 nitrogen and oxygen atoms in total. The van der Waals surface area contributed by atoms with Crippen LogP contribution in [0.1, 0.15) is 44.3 Å². The van der Waals surface area contributed by atoms with E-state index in [-0.39, 0.29) is 24.7 Å². The van der Waals surface area contributed by atoms with Gasteiger partial charge in [-0.25, -0.2) is 4.98 Å². The van der Waals surface area contributed by atoms with Crippen molar-refractivity contribution < 1.29 is 14.3 Å². The highest BCUT2D eigenvalue weighted by atomic mass is 16.5. The number of carbonyl (C=O) groups is 2. The molecular formula is C14H21N3O3. The Kier molecular flexibility index (Phi) is 5.15. The predicted octanol–water partition coefficient (Wildman–Crippen LogP) is 1.22. The minimum Gasteiger partial charge on any atom is -0.466 e. The maximum Gasteiger partial charge on any atom is 0.306 e. The second-order valence-electron chi connectivity index (χ2n) is 4.91. The molecule has 1 aromatic heterocycles. The van der Waals surface area contributed by atoms with E-state index in [9.17, 15) is 9.59 Å². The van der Waals surface area contributed by atoms with Gasteiger partial charge >= 0.3 is 5.97 Å². The lowest BCUT2D eigenvalue weighted by Gasteiger charge is -2.08. The van der Waals surface area contributed by atoms with Gasteiger partial charge < -0.3 is 14.6 Å². The first-order chi connectivity index (χ1) is 9.70. The highest BCUT2D eigenvalue weighted by Crippen LogP contribution is 2.38. The molecule has 1 heterocycles. The van der Waals surface area contributed by atoms with E-state index in [0.29, 0.717) is 19.1 Å². The molecule has 0 aliphatic heterocycles. The first-order valence-corrected chi connectivity index (χ1v) is 7.14. The third-order valence-corrected chi connectivity index (χ3v) is 3.23. The van der Waals surface area contributed by atoms with E-state index in [0.717, 1.165) is 12.4 Å². The van der Waals surface area contributed by atoms with Gasteiger partial charge in [-0.2, -0.15) is 0 Å². The van der Waals surface area contributed by atoms with Crippen LogP contribution in [0.15, 0.2) is 12.4 Å². The van der Waals surface area contributed by atoms with Gasteiger partial charge in [0.25, 0.3) is 0 Å². The Bertz CT molecular complexity index is 466. The van der Waals surface area contributed by atoms with Crippen LogP contribution in [0.25, 0.3) is 0 Å². The van der Waals surface area contributed by atoms with Gasteiger partial charge in [0.2, 0.25) is 5.91 Å². The van der Waals surface area contributed by atoms with Crippen LogP contribution in [0.4, 0.5) is 0 Å². The molecule has 0 atom stereocenters. The van der Waals surface area contributed by atoms with Crippen LogP contribution in [-0.4, -0.2) is 34.6 Å². The second-order valence-corrected chi connectivity index (χ2v) is 4.91. The van der Waals surface area contributed by atoms with Gasteiger partial charge in [-0.1, -0.05) is 0 Å². The lowest BCUT2D eigenvalue weighted by atomic mass is 10.3. The van der Waals surface area contributed by atoms with Crippen molar-refractivity contribution in [3.63, 3.8) is 0 Å². The van der Waals surface area contributed by atoms with Gasteiger partial charge in [0.05, 0.1) is 13.0 Å². The summed E-state index contributed by atoms with van der Waals surface area (Å²) in [4.78, 5) is 27.0. The van der Waals surface area contributed by atoms with E-state index in [1.165, 1.54) is 12.8 Å². The zero-order valence-corrected chi connectivity index (χ0v) is 11.8. The van der Waals surface area contributed by atoms with E-state index in [4.69, 9.17) is 4.74 Å². The molecular weight excluding hydrogens is 258 g/mol. The normalized spacial score (nSPS) is 14.1. The fourth-order valence-electron chi connectivity index (χ4n) is 2.06. The molecule has 1 aromatic rings. The molecule has 0 aromatic carbocycles. The molecule has 0 radical (unpaired) electrons. The van der Waals surface area contributed by atoms with Crippen LogP contribution >= 0.6 is 0 Å². The minimum absolute atomic E-state index is 0.119. The summed E-state index contributed by atoms with van der Waals surface area (Å²) in [6.45, 7) is 3.38. The molecule has 1 N–H and O–H groups in total. The highest BCUT2D eigenvalue weighted by Gasteiger charge is 2.27. The summed E-state index contributed by atoms with van der Waals surface area (Å²) in [5.41, 5.74) is 0. The summed E-state index contributed by atoms with van der Waals surface area (Å²) < 4.78 is 6.86. The van der Waals surface area contributed by atoms with Crippen LogP contribution in [-0.2, 0) is 20.9 Å². The zero-order valence-electron chi connectivity index (χ0n) is 11.8. The van der Waals surface area contributed by atoms with E-state index < -0.39 is 0 Å². The number of amides is 1. The van der Waals surface area contributed by atoms with Crippen molar-refractivity contribution >= 4 is 11.9 Å². The molecule has 1 saturated carbocycles. The number of ether oxygens (including phenoxy) is 1. The summed E-state index contributed by atoms with van der Waals surface area (Å²) in [6.07, 6.45) is 6.48. The van der Waals surface area contributed by atoms with Crippen LogP contribution in [0, 0.1) is 0 Å². The lowest BCUT2D eigenvalue weighted by Crippen LogP contribution is -2.28. The molecule has 0 unspecified atom stereocenters. The van der Waals surface area contributed by atoms with Crippen LogP contribution in [0.3, 0.4) is 0 Å². The van der Waals surface area contributed by atoms with E-state index in [2.05, 4.69) is 14.9 Å². The molecule has 1 fully saturated rings. The average molecular weight is 279 g/mol. The molecule has 1 aliphatic carbocycles. The van der Waals surface area contributed by atoms with Crippen LogP contribution in [0.5, 0.6) is 0 Å². The lowest BCUT2D eigenvalue weighted by molar-refractivity contribution is -0.144. The smallest absolute Gasteiger partial charge is 0.306 e. The number of imidazole rings is 1. The van der Waals surface area contributed by atoms with Gasteiger partial charge in [0, 0.05) is 37.8 Å². The third kappa shape index (κ3) is 4.36. The first kappa shape index (κ1) is 14.6. The Labute approximate surface area is 118 Å². The van der Waals surface area contributed by atoms with E-state index >= 15 is 0 Å². The van der Waals surface area contributed by atoms with Crippen molar-refractivity contribution in [2.75, 3.05) is 13.2 Å². The van der Waals surface area contributed by atoms with Crippen molar-refractivity contribution in [3.05, 3.63) is 18.2 Å². The Morgan fingerprint density at radius 2 is 2.25 bits per heavy atom. The Morgan fingerprint density at radius 3 is 2.95 bits per heavy atom. The molecule has 6 heteroatoms. The number of carbonyl (C=O) groups excluding carboxylic acids is 2. The monoisotopic (exact) mass is 279 g/mol. The fourth-order valence-corrected chi connectivity index (χ4v) is 2.06. The van der Waals surface area contributed by atoms with Gasteiger partial charge in [-0.05, 0) is 19.8 Å². The van der Waals surface area contributed by atoms with Crippen molar-refractivity contribution in [1.29, 1.82) is 0 Å². The van der Waals surface area contributed by atoms with E-state index in [1.54, 1.807) is 13.1 Å². The predicted molar refractivity (Wildman–Crippen MR) is 73.1 cm³/mol. The van der Waals surface area contributed by atoms with Gasteiger partial charge in [-0.3, -0.25) is 9.59 Å². The van der Waals surface area contributed by atoms with Crippen molar-refractivity contribution in [2.24, 2.45) is 0 Å². The Hall–Kier alpha value is -1.85. The van der Waals surface area contributed by atoms with Gasteiger partial charge in [0.1, 0.15) is 5.82 Å². The average Bonchev–Trinajstić information content (AvgIpc) is 3.17. The van der Waals surface area contributed by atoms with Crippen molar-refractivity contribution in [2.45, 2.75) is 45.1 Å². The number of nitrogens with zero attached hydrogens (tertiary/aromatic N) is 2. The molecule has 0 spiro atoms. The molecule has 0 saturated heterocycles. The van der Waals surface area contributed by atoms with Crippen molar-refractivity contribution in [1.82, 2.24) is 14.9 Å². The zero-order chi connectivity index (χ0) is 14.4. The third-order valence-electron chi connectivity index (χ3n) is 3.23. The number of rotatable bonds is 8. The maximum atomic E-state index is 11.6. The van der Waals surface area contributed by atoms with E-state index in [1.807, 2.05) is 6.20 Å². The van der Waals surface area contributed by atoms with Crippen LogP contribution in [0.2, 0.25) is 0 Å². The molecule has 20 heavy (non-hydrogen) atoms. The molecule has 0 bridgehead atoms. The summed E-state index contributed by atoms with van der Waals surface area (Å²) in [6, 6.07) is 0. The van der Waals surface area contributed by atoms with Crippen molar-refractivity contribution in [3.8, 4) is 0 Å². The standard InChI is InChI=1S/C14H21N3O3/c1-2-20-13(19)6-5-12(18)15-7-9-17-10-8-16-14(17)11-3-4-11/h8,10-11H,2-7,9H2,1H3,(H,15,18). The SMILES string of the molecule is CCOC(=O)CCC(=O)NCCn1ccnc1C1CC1. The fraction of sp³-hybridized carbons (Fsp3) is 0.643. The molecule has 2 rings (SSSR count). The first-order valence-electron chi connectivity index (χ1n) is 7.14. The summed E-state index contributed by atoms with van der Waals surface area (Å²) in [5, 5.41) is 2.81. The topological polar surface area (TPSA) is 73.2 Å². The van der Waals surface area contributed by atoms with Gasteiger partial charge in [0.15, 0.2) is 0 Å². The Balaban J connectivity index is 1.63. The number of hydrogen-bond acceptors (Lipinski definition) is 4. The highest BCUT2D eigenvalue weighted by molar-refractivity contribution is 5.81. The summed E-state index contributed by atoms with van der Waals surface area (Å²) in [7, 11) is 0. The second kappa shape index (κ2) is 7.07. The number of aromatic nitrogens is 2. The quantitative estimate of drug-likeness (QED) is 0.726. The van der Waals surface area contributed by atoms with Crippen LogP contribution < -0.4 is 5.32 Å². The number of nitrogens with one attached hydrogen (secondary N) is 1. The maximum absolute atomic E-state index is 11.6. The van der Waals surface area contributed by atoms with Gasteiger partial charge in [-0.15, -0.1) is 0 Å². The number of esters is 1. The summed E-state index contributed by atoms with van der Waals surface area (Å²) >= 11 is 0. The Morgan fingerprint density at radius 1 is 1.45 bits per heavy atom. The molecule has 110 valence electrons. The minimum atomic E-state index is -0.326. The molecule has 1 aliphatic rings. The summed E-state index contributed by atoms with van der Waals surface area (Å²) in [5.74, 6) is 1.27.